The van der Waals surface area contributed by atoms with Crippen molar-refractivity contribution in [2.45, 2.75) is 0 Å². The highest BCUT2D eigenvalue weighted by atomic mass is 79.9. The van der Waals surface area contributed by atoms with Crippen LogP contribution in [0, 0.1) is 0 Å². The fraction of sp³-hybridized carbons (Fsp3) is 0.133. The molecule has 0 heterocycles. The van der Waals surface area contributed by atoms with Crippen molar-refractivity contribution < 1.29 is 9.53 Å². The average Bonchev–Trinajstić information content (AvgIpc) is 2.45. The van der Waals surface area contributed by atoms with E-state index >= 15 is 0 Å². The number of nitrogens with two attached hydrogens (primary N) is 1. The standard InChI is InChI=1S/C15H14BrNO2/c16-7-8-19-14-6-2-4-12(10-14)11-3-1-5-13(9-11)15(17)18/h1-6,9-10H,7-8H2,(H2,17,18). The lowest BCUT2D eigenvalue weighted by molar-refractivity contribution is 0.100. The fourth-order valence-electron chi connectivity index (χ4n) is 1.77. The van der Waals surface area contributed by atoms with E-state index in [1.54, 1.807) is 12.1 Å². The number of hydrogen-bond acceptors (Lipinski definition) is 2. The van der Waals surface area contributed by atoms with Crippen molar-refractivity contribution in [1.82, 2.24) is 0 Å². The van der Waals surface area contributed by atoms with Crippen LogP contribution in [0.15, 0.2) is 48.5 Å². The Balaban J connectivity index is 2.30. The summed E-state index contributed by atoms with van der Waals surface area (Å²) in [6.45, 7) is 0.616. The first-order valence-electron chi connectivity index (χ1n) is 5.90. The number of ether oxygens (including phenoxy) is 1. The SMILES string of the molecule is NC(=O)c1cccc(-c2cccc(OCCBr)c2)c1. The summed E-state index contributed by atoms with van der Waals surface area (Å²) in [4.78, 5) is 11.2. The zero-order valence-electron chi connectivity index (χ0n) is 10.3. The van der Waals surface area contributed by atoms with Gasteiger partial charge in [-0.3, -0.25) is 4.79 Å². The molecule has 0 saturated heterocycles. The van der Waals surface area contributed by atoms with Gasteiger partial charge in [-0.2, -0.15) is 0 Å². The largest absolute Gasteiger partial charge is 0.493 e. The molecule has 0 fully saturated rings. The highest BCUT2D eigenvalue weighted by Crippen LogP contribution is 2.24. The van der Waals surface area contributed by atoms with Gasteiger partial charge in [-0.15, -0.1) is 0 Å². The average molecular weight is 320 g/mol. The molecule has 0 saturated carbocycles. The lowest BCUT2D eigenvalue weighted by Crippen LogP contribution is -2.10. The molecule has 2 aromatic rings. The molecule has 0 atom stereocenters. The zero-order valence-corrected chi connectivity index (χ0v) is 11.9. The number of amides is 1. The third-order valence-electron chi connectivity index (χ3n) is 2.66. The van der Waals surface area contributed by atoms with Gasteiger partial charge in [-0.1, -0.05) is 40.2 Å². The normalized spacial score (nSPS) is 10.2. The van der Waals surface area contributed by atoms with Crippen LogP contribution in [0.3, 0.4) is 0 Å². The van der Waals surface area contributed by atoms with Gasteiger partial charge in [0.2, 0.25) is 5.91 Å². The van der Waals surface area contributed by atoms with Crippen LogP contribution in [-0.4, -0.2) is 17.8 Å². The summed E-state index contributed by atoms with van der Waals surface area (Å²) in [5, 5.41) is 0.786. The Morgan fingerprint density at radius 1 is 1.11 bits per heavy atom. The molecule has 2 aromatic carbocycles. The maximum Gasteiger partial charge on any atom is 0.248 e. The van der Waals surface area contributed by atoms with E-state index in [4.69, 9.17) is 10.5 Å². The summed E-state index contributed by atoms with van der Waals surface area (Å²) in [5.74, 6) is 0.384. The van der Waals surface area contributed by atoms with Crippen LogP contribution >= 0.6 is 15.9 Å². The van der Waals surface area contributed by atoms with Gasteiger partial charge in [0.25, 0.3) is 0 Å². The molecule has 19 heavy (non-hydrogen) atoms. The molecular formula is C15H14BrNO2. The molecule has 0 unspecified atom stereocenters. The van der Waals surface area contributed by atoms with E-state index in [9.17, 15) is 4.79 Å². The second-order valence-electron chi connectivity index (χ2n) is 4.01. The van der Waals surface area contributed by atoms with Gasteiger partial charge in [0, 0.05) is 10.9 Å². The van der Waals surface area contributed by atoms with Crippen molar-refractivity contribution in [1.29, 1.82) is 0 Å². The van der Waals surface area contributed by atoms with Crippen LogP contribution in [0.1, 0.15) is 10.4 Å². The van der Waals surface area contributed by atoms with Gasteiger partial charge >= 0.3 is 0 Å². The van der Waals surface area contributed by atoms with Crippen molar-refractivity contribution in [3.63, 3.8) is 0 Å². The summed E-state index contributed by atoms with van der Waals surface area (Å²) in [6.07, 6.45) is 0. The molecule has 2 N–H and O–H groups in total. The van der Waals surface area contributed by atoms with Crippen LogP contribution in [0.2, 0.25) is 0 Å². The van der Waals surface area contributed by atoms with Crippen LogP contribution in [0.25, 0.3) is 11.1 Å². The van der Waals surface area contributed by atoms with Crippen molar-refractivity contribution in [2.75, 3.05) is 11.9 Å². The molecule has 1 amide bonds. The third kappa shape index (κ3) is 3.58. The maximum atomic E-state index is 11.2. The number of carbonyl (C=O) groups is 1. The second-order valence-corrected chi connectivity index (χ2v) is 4.80. The van der Waals surface area contributed by atoms with Crippen molar-refractivity contribution in [3.05, 3.63) is 54.1 Å². The van der Waals surface area contributed by atoms with E-state index in [-0.39, 0.29) is 0 Å². The number of alkyl halides is 1. The first-order valence-corrected chi connectivity index (χ1v) is 7.02. The Labute approximate surface area is 120 Å². The van der Waals surface area contributed by atoms with Gasteiger partial charge in [-0.25, -0.2) is 0 Å². The number of benzene rings is 2. The molecule has 0 aliphatic heterocycles. The third-order valence-corrected chi connectivity index (χ3v) is 2.98. The van der Waals surface area contributed by atoms with E-state index in [2.05, 4.69) is 15.9 Å². The fourth-order valence-corrected chi connectivity index (χ4v) is 1.94. The van der Waals surface area contributed by atoms with Gasteiger partial charge in [0.15, 0.2) is 0 Å². The maximum absolute atomic E-state index is 11.2. The Morgan fingerprint density at radius 2 is 1.79 bits per heavy atom. The van der Waals surface area contributed by atoms with Crippen LogP contribution < -0.4 is 10.5 Å². The monoisotopic (exact) mass is 319 g/mol. The summed E-state index contributed by atoms with van der Waals surface area (Å²) in [7, 11) is 0. The number of carbonyl (C=O) groups excluding carboxylic acids is 1. The van der Waals surface area contributed by atoms with Crippen LogP contribution in [0.5, 0.6) is 5.75 Å². The molecule has 0 aliphatic rings. The second kappa shape index (κ2) is 6.38. The molecule has 0 aliphatic carbocycles. The minimum Gasteiger partial charge on any atom is -0.493 e. The minimum atomic E-state index is -0.423. The zero-order chi connectivity index (χ0) is 13.7. The van der Waals surface area contributed by atoms with Crippen molar-refractivity contribution in [2.24, 2.45) is 5.73 Å². The van der Waals surface area contributed by atoms with E-state index in [0.717, 1.165) is 22.2 Å². The molecule has 2 rings (SSSR count). The minimum absolute atomic E-state index is 0.423. The Hall–Kier alpha value is -1.81. The molecule has 0 aromatic heterocycles. The summed E-state index contributed by atoms with van der Waals surface area (Å²) >= 11 is 3.32. The van der Waals surface area contributed by atoms with E-state index in [1.165, 1.54) is 0 Å². The molecule has 3 nitrogen and oxygen atoms in total. The van der Waals surface area contributed by atoms with Gasteiger partial charge in [0.05, 0.1) is 6.61 Å². The number of hydrogen-bond donors (Lipinski definition) is 1. The lowest BCUT2D eigenvalue weighted by Gasteiger charge is -2.07. The Kier molecular flexibility index (Phi) is 4.58. The molecular weight excluding hydrogens is 306 g/mol. The highest BCUT2D eigenvalue weighted by molar-refractivity contribution is 9.09. The smallest absolute Gasteiger partial charge is 0.248 e. The molecule has 0 spiro atoms. The predicted octanol–water partition coefficient (Wildman–Crippen LogP) is 3.23. The van der Waals surface area contributed by atoms with Crippen molar-refractivity contribution >= 4 is 21.8 Å². The summed E-state index contributed by atoms with van der Waals surface area (Å²) in [6, 6.07) is 15.0. The van der Waals surface area contributed by atoms with Crippen LogP contribution in [0.4, 0.5) is 0 Å². The molecule has 98 valence electrons. The van der Waals surface area contributed by atoms with Crippen LogP contribution in [-0.2, 0) is 0 Å². The first-order chi connectivity index (χ1) is 9.20. The van der Waals surface area contributed by atoms with Crippen molar-refractivity contribution in [3.8, 4) is 16.9 Å². The first kappa shape index (κ1) is 13.6. The quantitative estimate of drug-likeness (QED) is 0.860. The van der Waals surface area contributed by atoms with E-state index in [1.807, 2.05) is 36.4 Å². The summed E-state index contributed by atoms with van der Waals surface area (Å²) < 4.78 is 5.56. The number of rotatable bonds is 5. The summed E-state index contributed by atoms with van der Waals surface area (Å²) in [5.41, 5.74) is 7.73. The molecule has 0 radical (unpaired) electrons. The highest BCUT2D eigenvalue weighted by Gasteiger charge is 2.04. The predicted molar refractivity (Wildman–Crippen MR) is 79.7 cm³/mol. The Morgan fingerprint density at radius 3 is 2.47 bits per heavy atom. The number of halogens is 1. The van der Waals surface area contributed by atoms with E-state index in [0.29, 0.717) is 12.2 Å². The van der Waals surface area contributed by atoms with Gasteiger partial charge in [0.1, 0.15) is 5.75 Å². The topological polar surface area (TPSA) is 52.3 Å². The Bertz CT molecular complexity index is 584. The molecule has 0 bridgehead atoms. The van der Waals surface area contributed by atoms with Gasteiger partial charge in [-0.05, 0) is 35.4 Å². The molecule has 4 heteroatoms. The number of primary amides is 1. The van der Waals surface area contributed by atoms with Gasteiger partial charge < -0.3 is 10.5 Å². The van der Waals surface area contributed by atoms with E-state index < -0.39 is 5.91 Å². The lowest BCUT2D eigenvalue weighted by atomic mass is 10.0.